The predicted molar refractivity (Wildman–Crippen MR) is 104 cm³/mol. The Morgan fingerprint density at radius 3 is 2.88 bits per heavy atom. The number of carbonyl (C=O) groups excluding carboxylic acids is 1. The Bertz CT molecular complexity index is 791. The smallest absolute Gasteiger partial charge is 0.270 e. The number of nitrogens with zero attached hydrogens (tertiary/aromatic N) is 2. The summed E-state index contributed by atoms with van der Waals surface area (Å²) in [6.07, 6.45) is 9.46. The van der Waals surface area contributed by atoms with Crippen molar-refractivity contribution in [1.29, 1.82) is 0 Å². The summed E-state index contributed by atoms with van der Waals surface area (Å²) >= 11 is 6.15. The molecule has 1 heterocycles. The van der Waals surface area contributed by atoms with E-state index < -0.39 is 0 Å². The molecule has 1 aromatic heterocycles. The highest BCUT2D eigenvalue weighted by Crippen LogP contribution is 2.19. The van der Waals surface area contributed by atoms with E-state index in [1.807, 2.05) is 24.3 Å². The molecule has 0 fully saturated rings. The van der Waals surface area contributed by atoms with Gasteiger partial charge in [-0.15, -0.1) is 0 Å². The molecular weight excluding hydrogens is 348 g/mol. The molecule has 3 rings (SSSR count). The van der Waals surface area contributed by atoms with Crippen molar-refractivity contribution in [2.45, 2.75) is 38.6 Å². The molecule has 26 heavy (non-hydrogen) atoms. The van der Waals surface area contributed by atoms with Gasteiger partial charge in [0.25, 0.3) is 5.91 Å². The first-order valence-electron chi connectivity index (χ1n) is 8.98. The zero-order chi connectivity index (χ0) is 18.2. The van der Waals surface area contributed by atoms with Crippen LogP contribution in [0.25, 0.3) is 0 Å². The fourth-order valence-corrected chi connectivity index (χ4v) is 3.17. The summed E-state index contributed by atoms with van der Waals surface area (Å²) < 4.78 is 0. The summed E-state index contributed by atoms with van der Waals surface area (Å²) in [6, 6.07) is 9.28. The molecule has 1 aromatic carbocycles. The first-order valence-corrected chi connectivity index (χ1v) is 9.35. The zero-order valence-corrected chi connectivity index (χ0v) is 15.4. The van der Waals surface area contributed by atoms with Crippen LogP contribution in [0.15, 0.2) is 48.3 Å². The molecule has 1 amide bonds. The highest BCUT2D eigenvalue weighted by molar-refractivity contribution is 6.31. The van der Waals surface area contributed by atoms with E-state index in [9.17, 15) is 4.79 Å². The number of benzene rings is 1. The van der Waals surface area contributed by atoms with Crippen LogP contribution < -0.4 is 10.6 Å². The molecule has 0 bridgehead atoms. The lowest BCUT2D eigenvalue weighted by Gasteiger charge is -2.13. The molecule has 0 atom stereocenters. The van der Waals surface area contributed by atoms with Crippen molar-refractivity contribution < 1.29 is 4.79 Å². The van der Waals surface area contributed by atoms with E-state index in [1.165, 1.54) is 24.7 Å². The van der Waals surface area contributed by atoms with Gasteiger partial charge < -0.3 is 10.6 Å². The molecule has 6 heteroatoms. The van der Waals surface area contributed by atoms with Crippen LogP contribution in [0.1, 0.15) is 48.2 Å². The monoisotopic (exact) mass is 370 g/mol. The van der Waals surface area contributed by atoms with Crippen molar-refractivity contribution in [3.05, 3.63) is 64.6 Å². The van der Waals surface area contributed by atoms with E-state index in [4.69, 9.17) is 11.6 Å². The third-order valence-electron chi connectivity index (χ3n) is 4.43. The molecule has 1 aliphatic rings. The number of allylic oxidation sites excluding steroid dienone is 1. The van der Waals surface area contributed by atoms with Crippen LogP contribution in [0.5, 0.6) is 0 Å². The second-order valence-electron chi connectivity index (χ2n) is 6.35. The molecule has 1 aliphatic carbocycles. The van der Waals surface area contributed by atoms with Crippen molar-refractivity contribution in [1.82, 2.24) is 15.3 Å². The van der Waals surface area contributed by atoms with E-state index >= 15 is 0 Å². The SMILES string of the molecule is O=C(NCCC1=CCCCC1)c1cc(NCc2ccccc2Cl)ncn1. The maximum absolute atomic E-state index is 12.3. The number of anilines is 1. The fraction of sp³-hybridized carbons (Fsp3) is 0.350. The second-order valence-corrected chi connectivity index (χ2v) is 6.75. The summed E-state index contributed by atoms with van der Waals surface area (Å²) in [5.41, 5.74) is 2.78. The van der Waals surface area contributed by atoms with Crippen LogP contribution in [0.4, 0.5) is 5.82 Å². The first kappa shape index (κ1) is 18.4. The highest BCUT2D eigenvalue weighted by Gasteiger charge is 2.10. The van der Waals surface area contributed by atoms with Gasteiger partial charge >= 0.3 is 0 Å². The number of hydrogen-bond donors (Lipinski definition) is 2. The molecular formula is C20H23ClN4O. The van der Waals surface area contributed by atoms with Gasteiger partial charge in [0.2, 0.25) is 0 Å². The van der Waals surface area contributed by atoms with Crippen molar-refractivity contribution in [3.63, 3.8) is 0 Å². The number of hydrogen-bond acceptors (Lipinski definition) is 4. The van der Waals surface area contributed by atoms with Crippen LogP contribution in [-0.2, 0) is 6.54 Å². The van der Waals surface area contributed by atoms with E-state index in [1.54, 1.807) is 6.07 Å². The highest BCUT2D eigenvalue weighted by atomic mass is 35.5. The number of halogens is 1. The van der Waals surface area contributed by atoms with E-state index in [2.05, 4.69) is 26.7 Å². The second kappa shape index (κ2) is 9.34. The van der Waals surface area contributed by atoms with E-state index in [0.29, 0.717) is 29.6 Å². The molecule has 0 radical (unpaired) electrons. The fourth-order valence-electron chi connectivity index (χ4n) is 2.96. The van der Waals surface area contributed by atoms with Gasteiger partial charge in [0.1, 0.15) is 17.8 Å². The summed E-state index contributed by atoms with van der Waals surface area (Å²) in [5, 5.41) is 6.82. The Balaban J connectivity index is 1.52. The van der Waals surface area contributed by atoms with Crippen LogP contribution in [0.3, 0.4) is 0 Å². The van der Waals surface area contributed by atoms with Crippen molar-refractivity contribution in [2.24, 2.45) is 0 Å². The lowest BCUT2D eigenvalue weighted by Crippen LogP contribution is -2.26. The van der Waals surface area contributed by atoms with Gasteiger partial charge in [0.05, 0.1) is 0 Å². The molecule has 0 aliphatic heterocycles. The third-order valence-corrected chi connectivity index (χ3v) is 4.80. The maximum Gasteiger partial charge on any atom is 0.270 e. The van der Waals surface area contributed by atoms with Gasteiger partial charge in [-0.05, 0) is 43.7 Å². The Kier molecular flexibility index (Phi) is 6.61. The minimum Gasteiger partial charge on any atom is -0.366 e. The zero-order valence-electron chi connectivity index (χ0n) is 14.7. The molecule has 0 unspecified atom stereocenters. The largest absolute Gasteiger partial charge is 0.366 e. The molecule has 0 saturated carbocycles. The quantitative estimate of drug-likeness (QED) is 0.710. The molecule has 2 N–H and O–H groups in total. The Hall–Kier alpha value is -2.40. The standard InChI is InChI=1S/C20H23ClN4O/c21-17-9-5-4-8-16(17)13-23-19-12-18(24-14-25-19)20(26)22-11-10-15-6-2-1-3-7-15/h4-6,8-9,12,14H,1-3,7,10-11,13H2,(H,22,26)(H,23,24,25). The lowest BCUT2D eigenvalue weighted by molar-refractivity contribution is 0.0949. The average molecular weight is 371 g/mol. The Morgan fingerprint density at radius 1 is 1.19 bits per heavy atom. The number of aromatic nitrogens is 2. The van der Waals surface area contributed by atoms with E-state index in [0.717, 1.165) is 24.8 Å². The van der Waals surface area contributed by atoms with Crippen molar-refractivity contribution in [3.8, 4) is 0 Å². The molecule has 5 nitrogen and oxygen atoms in total. The average Bonchev–Trinajstić information content (AvgIpc) is 2.68. The number of rotatable bonds is 7. The Morgan fingerprint density at radius 2 is 2.08 bits per heavy atom. The van der Waals surface area contributed by atoms with Crippen LogP contribution in [0.2, 0.25) is 5.02 Å². The molecule has 0 spiro atoms. The molecule has 136 valence electrons. The molecule has 0 saturated heterocycles. The van der Waals surface area contributed by atoms with Crippen molar-refractivity contribution in [2.75, 3.05) is 11.9 Å². The van der Waals surface area contributed by atoms with Crippen molar-refractivity contribution >= 4 is 23.3 Å². The lowest BCUT2D eigenvalue weighted by atomic mass is 9.97. The minimum atomic E-state index is -0.176. The topological polar surface area (TPSA) is 66.9 Å². The summed E-state index contributed by atoms with van der Waals surface area (Å²) in [4.78, 5) is 20.5. The van der Waals surface area contributed by atoms with Gasteiger partial charge in [-0.1, -0.05) is 41.4 Å². The van der Waals surface area contributed by atoms with Crippen LogP contribution in [0, 0.1) is 0 Å². The predicted octanol–water partition coefficient (Wildman–Crippen LogP) is 4.36. The number of nitrogens with one attached hydrogen (secondary N) is 2. The van der Waals surface area contributed by atoms with Gasteiger partial charge in [-0.3, -0.25) is 4.79 Å². The summed E-state index contributed by atoms with van der Waals surface area (Å²) in [5.74, 6) is 0.421. The normalized spacial score (nSPS) is 13.8. The van der Waals surface area contributed by atoms with E-state index in [-0.39, 0.29) is 5.91 Å². The van der Waals surface area contributed by atoms with Crippen LogP contribution in [-0.4, -0.2) is 22.4 Å². The van der Waals surface area contributed by atoms with Gasteiger partial charge in [-0.25, -0.2) is 9.97 Å². The van der Waals surface area contributed by atoms with Gasteiger partial charge in [-0.2, -0.15) is 0 Å². The first-order chi connectivity index (χ1) is 12.7. The van der Waals surface area contributed by atoms with Gasteiger partial charge in [0, 0.05) is 24.2 Å². The maximum atomic E-state index is 12.3. The van der Waals surface area contributed by atoms with Gasteiger partial charge in [0.15, 0.2) is 0 Å². The number of amides is 1. The van der Waals surface area contributed by atoms with Crippen LogP contribution >= 0.6 is 11.6 Å². The number of carbonyl (C=O) groups is 1. The minimum absolute atomic E-state index is 0.176. The Labute approximate surface area is 158 Å². The summed E-state index contributed by atoms with van der Waals surface area (Å²) in [7, 11) is 0. The third kappa shape index (κ3) is 5.30. The summed E-state index contributed by atoms with van der Waals surface area (Å²) in [6.45, 7) is 1.17. The molecule has 2 aromatic rings.